The number of halogens is 1. The van der Waals surface area contributed by atoms with Gasteiger partial charge in [-0.05, 0) is 43.4 Å². The van der Waals surface area contributed by atoms with Crippen molar-refractivity contribution in [2.24, 2.45) is 0 Å². The van der Waals surface area contributed by atoms with Gasteiger partial charge in [0, 0.05) is 30.4 Å². The lowest BCUT2D eigenvalue weighted by atomic mass is 9.95. The maximum absolute atomic E-state index is 6.06. The molecular formula is C12H17ClN2. The van der Waals surface area contributed by atoms with Crippen molar-refractivity contribution in [1.29, 1.82) is 0 Å². The average Bonchev–Trinajstić information content (AvgIpc) is 2.30. The van der Waals surface area contributed by atoms with E-state index < -0.39 is 0 Å². The Morgan fingerprint density at radius 3 is 2.53 bits per heavy atom. The van der Waals surface area contributed by atoms with Crippen LogP contribution in [0.4, 0.5) is 0 Å². The Morgan fingerprint density at radius 1 is 1.20 bits per heavy atom. The lowest BCUT2D eigenvalue weighted by molar-refractivity contribution is 0.376. The Morgan fingerprint density at radius 2 is 1.87 bits per heavy atom. The van der Waals surface area contributed by atoms with Crippen LogP contribution in [0.3, 0.4) is 0 Å². The van der Waals surface area contributed by atoms with Crippen molar-refractivity contribution < 1.29 is 0 Å². The van der Waals surface area contributed by atoms with Gasteiger partial charge in [0.2, 0.25) is 0 Å². The van der Waals surface area contributed by atoms with Gasteiger partial charge in [0.1, 0.15) is 0 Å². The van der Waals surface area contributed by atoms with Crippen LogP contribution < -0.4 is 5.32 Å². The molecule has 1 aromatic rings. The molecule has 82 valence electrons. The second-order valence-corrected chi connectivity index (χ2v) is 4.80. The fourth-order valence-corrected chi connectivity index (χ4v) is 2.27. The monoisotopic (exact) mass is 224 g/mol. The zero-order valence-corrected chi connectivity index (χ0v) is 9.58. The van der Waals surface area contributed by atoms with E-state index in [1.165, 1.54) is 18.4 Å². The van der Waals surface area contributed by atoms with E-state index in [0.717, 1.165) is 19.4 Å². The minimum atomic E-state index is 0.406. The van der Waals surface area contributed by atoms with E-state index in [1.54, 1.807) is 0 Å². The average molecular weight is 225 g/mol. The summed E-state index contributed by atoms with van der Waals surface area (Å²) >= 11 is 6.06. The van der Waals surface area contributed by atoms with E-state index in [4.69, 9.17) is 11.6 Å². The van der Waals surface area contributed by atoms with Crippen LogP contribution in [-0.4, -0.2) is 16.4 Å². The highest BCUT2D eigenvalue weighted by molar-refractivity contribution is 6.20. The third-order valence-corrected chi connectivity index (χ3v) is 3.44. The molecule has 1 saturated carbocycles. The molecule has 1 N–H and O–H groups in total. The van der Waals surface area contributed by atoms with Gasteiger partial charge >= 0.3 is 0 Å². The molecule has 2 rings (SSSR count). The Balaban J connectivity index is 1.74. The van der Waals surface area contributed by atoms with Crippen molar-refractivity contribution in [3.63, 3.8) is 0 Å². The van der Waals surface area contributed by atoms with Crippen molar-refractivity contribution in [2.75, 3.05) is 0 Å². The number of nitrogens with one attached hydrogen (secondary N) is 1. The van der Waals surface area contributed by atoms with Gasteiger partial charge in [-0.15, -0.1) is 11.6 Å². The number of pyridine rings is 1. The van der Waals surface area contributed by atoms with Gasteiger partial charge < -0.3 is 5.32 Å². The van der Waals surface area contributed by atoms with Crippen LogP contribution >= 0.6 is 11.6 Å². The van der Waals surface area contributed by atoms with Gasteiger partial charge in [0.25, 0.3) is 0 Å². The van der Waals surface area contributed by atoms with Gasteiger partial charge in [-0.25, -0.2) is 0 Å². The minimum Gasteiger partial charge on any atom is -0.310 e. The molecule has 0 spiro atoms. The third-order valence-electron chi connectivity index (χ3n) is 3.00. The molecule has 1 aromatic heterocycles. The largest absolute Gasteiger partial charge is 0.310 e. The number of alkyl halides is 1. The predicted molar refractivity (Wildman–Crippen MR) is 63.0 cm³/mol. The summed E-state index contributed by atoms with van der Waals surface area (Å²) in [5.74, 6) is 0. The number of aromatic nitrogens is 1. The molecule has 0 unspecified atom stereocenters. The molecule has 1 heterocycles. The molecule has 0 saturated heterocycles. The molecule has 0 aromatic carbocycles. The summed E-state index contributed by atoms with van der Waals surface area (Å²) in [4.78, 5) is 4.00. The number of hydrogen-bond acceptors (Lipinski definition) is 2. The predicted octanol–water partition coefficient (Wildman–Crippen LogP) is 2.72. The summed E-state index contributed by atoms with van der Waals surface area (Å²) < 4.78 is 0. The molecule has 0 radical (unpaired) electrons. The van der Waals surface area contributed by atoms with Crippen LogP contribution in [0.5, 0.6) is 0 Å². The molecule has 1 fully saturated rings. The summed E-state index contributed by atoms with van der Waals surface area (Å²) in [5.41, 5.74) is 1.30. The lowest BCUT2D eigenvalue weighted by Crippen LogP contribution is -2.32. The second kappa shape index (κ2) is 5.47. The first-order chi connectivity index (χ1) is 7.34. The summed E-state index contributed by atoms with van der Waals surface area (Å²) in [6, 6.07) is 4.76. The molecular weight excluding hydrogens is 208 g/mol. The number of nitrogens with zero attached hydrogens (tertiary/aromatic N) is 1. The van der Waals surface area contributed by atoms with Crippen LogP contribution in [0.25, 0.3) is 0 Å². The van der Waals surface area contributed by atoms with E-state index in [9.17, 15) is 0 Å². The van der Waals surface area contributed by atoms with E-state index in [1.807, 2.05) is 12.4 Å². The molecule has 0 aliphatic heterocycles. The van der Waals surface area contributed by atoms with E-state index in [-0.39, 0.29) is 0 Å². The molecule has 0 atom stereocenters. The smallest absolute Gasteiger partial charge is 0.0337 e. The summed E-state index contributed by atoms with van der Waals surface area (Å²) in [7, 11) is 0. The van der Waals surface area contributed by atoms with Crippen LogP contribution in [0.2, 0.25) is 0 Å². The van der Waals surface area contributed by atoms with Crippen molar-refractivity contribution >= 4 is 11.6 Å². The van der Waals surface area contributed by atoms with Crippen molar-refractivity contribution in [3.8, 4) is 0 Å². The quantitative estimate of drug-likeness (QED) is 0.799. The maximum Gasteiger partial charge on any atom is 0.0337 e. The van der Waals surface area contributed by atoms with E-state index in [0.29, 0.717) is 11.4 Å². The Bertz CT molecular complexity index is 281. The molecule has 0 bridgehead atoms. The topological polar surface area (TPSA) is 24.9 Å². The van der Waals surface area contributed by atoms with E-state index >= 15 is 0 Å². The summed E-state index contributed by atoms with van der Waals surface area (Å²) in [6.07, 6.45) is 8.39. The van der Waals surface area contributed by atoms with Gasteiger partial charge in [-0.1, -0.05) is 0 Å². The van der Waals surface area contributed by atoms with Crippen molar-refractivity contribution in [3.05, 3.63) is 30.1 Å². The summed E-state index contributed by atoms with van der Waals surface area (Å²) in [5, 5.41) is 3.98. The van der Waals surface area contributed by atoms with Crippen LogP contribution in [0.1, 0.15) is 31.2 Å². The zero-order valence-electron chi connectivity index (χ0n) is 8.82. The fraction of sp³-hybridized carbons (Fsp3) is 0.583. The molecule has 3 heteroatoms. The first-order valence-electron chi connectivity index (χ1n) is 5.61. The van der Waals surface area contributed by atoms with Gasteiger partial charge in [0.05, 0.1) is 0 Å². The second-order valence-electron chi connectivity index (χ2n) is 4.19. The SMILES string of the molecule is ClC1CCC(NCc2ccncc2)CC1. The lowest BCUT2D eigenvalue weighted by Gasteiger charge is -2.25. The van der Waals surface area contributed by atoms with Crippen LogP contribution in [-0.2, 0) is 6.54 Å². The first-order valence-corrected chi connectivity index (χ1v) is 6.04. The zero-order chi connectivity index (χ0) is 10.5. The highest BCUT2D eigenvalue weighted by atomic mass is 35.5. The van der Waals surface area contributed by atoms with Crippen LogP contribution in [0.15, 0.2) is 24.5 Å². The Labute approximate surface area is 96.1 Å². The first kappa shape index (κ1) is 10.9. The minimum absolute atomic E-state index is 0.406. The van der Waals surface area contributed by atoms with Crippen molar-refractivity contribution in [1.82, 2.24) is 10.3 Å². The van der Waals surface area contributed by atoms with Gasteiger partial charge in [-0.3, -0.25) is 4.98 Å². The molecule has 2 nitrogen and oxygen atoms in total. The molecule has 1 aliphatic rings. The Kier molecular flexibility index (Phi) is 3.98. The summed E-state index contributed by atoms with van der Waals surface area (Å²) in [6.45, 7) is 0.945. The molecule has 1 aliphatic carbocycles. The van der Waals surface area contributed by atoms with Gasteiger partial charge in [-0.2, -0.15) is 0 Å². The van der Waals surface area contributed by atoms with E-state index in [2.05, 4.69) is 22.4 Å². The van der Waals surface area contributed by atoms with Crippen LogP contribution in [0, 0.1) is 0 Å². The van der Waals surface area contributed by atoms with Gasteiger partial charge in [0.15, 0.2) is 0 Å². The third kappa shape index (κ3) is 3.47. The highest BCUT2D eigenvalue weighted by Gasteiger charge is 2.18. The number of hydrogen-bond donors (Lipinski definition) is 1. The maximum atomic E-state index is 6.06. The Hall–Kier alpha value is -0.600. The fourth-order valence-electron chi connectivity index (χ4n) is 2.02. The highest BCUT2D eigenvalue weighted by Crippen LogP contribution is 2.22. The van der Waals surface area contributed by atoms with Crippen molar-refractivity contribution in [2.45, 2.75) is 43.6 Å². The number of rotatable bonds is 3. The normalized spacial score (nSPS) is 26.5. The standard InChI is InChI=1S/C12H17ClN2/c13-11-1-3-12(4-2-11)15-9-10-5-7-14-8-6-10/h5-8,11-12,15H,1-4,9H2. The molecule has 15 heavy (non-hydrogen) atoms. The molecule has 0 amide bonds.